The van der Waals surface area contributed by atoms with Crippen LogP contribution in [0.3, 0.4) is 0 Å². The number of nitrogens with one attached hydrogen (secondary N) is 1. The van der Waals surface area contributed by atoms with Gasteiger partial charge in [-0.2, -0.15) is 0 Å². The molecule has 2 atom stereocenters. The molecule has 1 aromatic heterocycles. The van der Waals surface area contributed by atoms with Crippen molar-refractivity contribution in [3.05, 3.63) is 96.0 Å². The van der Waals surface area contributed by atoms with Gasteiger partial charge in [-0.05, 0) is 36.6 Å². The Balaban J connectivity index is 1.32. The number of thiazole rings is 1. The van der Waals surface area contributed by atoms with E-state index in [1.54, 1.807) is 22.4 Å². The number of carbonyl (C=O) groups excluding carboxylic acids is 3. The number of rotatable bonds is 10. The second-order valence-electron chi connectivity index (χ2n) is 9.21. The van der Waals surface area contributed by atoms with Gasteiger partial charge in [0.25, 0.3) is 16.6 Å². The van der Waals surface area contributed by atoms with Crippen molar-refractivity contribution >= 4 is 51.6 Å². The Labute approximate surface area is 242 Å². The highest BCUT2D eigenvalue weighted by Gasteiger charge is 2.39. The number of nitrogens with zero attached hydrogens (tertiary/aromatic N) is 4. The minimum absolute atomic E-state index is 0.0152. The van der Waals surface area contributed by atoms with Crippen molar-refractivity contribution in [3.63, 3.8) is 0 Å². The van der Waals surface area contributed by atoms with Gasteiger partial charge in [-0.25, -0.2) is 9.78 Å². The summed E-state index contributed by atoms with van der Waals surface area (Å²) in [4.78, 5) is 64.2. The average Bonchev–Trinajstić information content (AvgIpc) is 3.62. The third kappa shape index (κ3) is 7.85. The average molecular weight is 600 g/mol. The molecule has 4 rings (SSSR count). The van der Waals surface area contributed by atoms with E-state index in [4.69, 9.17) is 4.74 Å². The topological polar surface area (TPSA) is 175 Å². The number of hydrogen-bond donors (Lipinski definition) is 1. The smallest absolute Gasteiger partial charge is 0.407 e. The number of carbonyl (C=O) groups is 3. The molecule has 0 saturated carbocycles. The van der Waals surface area contributed by atoms with E-state index in [0.29, 0.717) is 28.4 Å². The lowest BCUT2D eigenvalue weighted by Crippen LogP contribution is -2.29. The van der Waals surface area contributed by atoms with E-state index in [1.807, 2.05) is 0 Å². The molecular weight excluding hydrogens is 574 g/mol. The molecule has 41 heavy (non-hydrogen) atoms. The third-order valence-corrected chi connectivity index (χ3v) is 8.26. The number of aromatic nitrogens is 1. The number of nitro benzene ring substituents is 2. The number of hydrogen-bond acceptors (Lipinski definition) is 11. The fourth-order valence-corrected chi connectivity index (χ4v) is 5.81. The number of amides is 2. The number of nitro groups is 2. The van der Waals surface area contributed by atoms with E-state index in [1.165, 1.54) is 54.7 Å². The van der Waals surface area contributed by atoms with Crippen molar-refractivity contribution in [3.8, 4) is 0 Å². The van der Waals surface area contributed by atoms with Crippen LogP contribution in [0, 0.1) is 26.1 Å². The lowest BCUT2D eigenvalue weighted by atomic mass is 10.0. The maximum atomic E-state index is 13.1. The first kappa shape index (κ1) is 29.6. The molecule has 1 aliphatic heterocycles. The highest BCUT2D eigenvalue weighted by atomic mass is 32.2. The van der Waals surface area contributed by atoms with E-state index in [0.717, 1.165) is 17.3 Å². The molecule has 1 N–H and O–H groups in total. The largest absolute Gasteiger partial charge is 0.445 e. The molecule has 2 aromatic carbocycles. The minimum Gasteiger partial charge on any atom is -0.445 e. The molecule has 2 amide bonds. The zero-order valence-corrected chi connectivity index (χ0v) is 23.4. The van der Waals surface area contributed by atoms with Crippen molar-refractivity contribution in [2.24, 2.45) is 5.92 Å². The molecule has 0 aliphatic carbocycles. The SMILES string of the molecule is CC(=O)[C@H]1C[C@@H](c2csc(CNC(=O)OCc3ccc([N+](=O)[O-])cc3)n2)N(C(=O)SCc2ccc([N+](=O)[O-])cc2)C1. The van der Waals surface area contributed by atoms with Gasteiger partial charge < -0.3 is 15.0 Å². The molecule has 1 aliphatic rings. The van der Waals surface area contributed by atoms with Gasteiger partial charge in [-0.15, -0.1) is 11.3 Å². The van der Waals surface area contributed by atoms with Gasteiger partial charge in [-0.1, -0.05) is 23.9 Å². The summed E-state index contributed by atoms with van der Waals surface area (Å²) < 4.78 is 5.16. The van der Waals surface area contributed by atoms with Crippen molar-refractivity contribution < 1.29 is 29.0 Å². The maximum Gasteiger partial charge on any atom is 0.407 e. The predicted molar refractivity (Wildman–Crippen MR) is 150 cm³/mol. The summed E-state index contributed by atoms with van der Waals surface area (Å²) in [6.07, 6.45) is -0.246. The van der Waals surface area contributed by atoms with E-state index in [2.05, 4.69) is 10.3 Å². The Morgan fingerprint density at radius 1 is 1.05 bits per heavy atom. The highest BCUT2D eigenvalue weighted by molar-refractivity contribution is 8.12. The van der Waals surface area contributed by atoms with Crippen LogP contribution in [0.25, 0.3) is 0 Å². The quantitative estimate of drug-likeness (QED) is 0.235. The van der Waals surface area contributed by atoms with Crippen molar-refractivity contribution in [1.82, 2.24) is 15.2 Å². The number of ether oxygens (including phenoxy) is 1. The van der Waals surface area contributed by atoms with Gasteiger partial charge >= 0.3 is 6.09 Å². The van der Waals surface area contributed by atoms with Gasteiger partial charge in [0.2, 0.25) is 0 Å². The maximum absolute atomic E-state index is 13.1. The predicted octanol–water partition coefficient (Wildman–Crippen LogP) is 5.39. The standard InChI is InChI=1S/C26H25N5O8S2/c1-16(32)19-10-23(29(12-19)26(34)41-14-18-4-8-21(9-5-18)31(37)38)22-15-40-24(28-22)11-27-25(33)39-13-17-2-6-20(7-3-17)30(35)36/h2-9,15,19,23H,10-14H2,1H3,(H,27,33)/t19-,23-/m0/s1. The van der Waals surface area contributed by atoms with Gasteiger partial charge in [0, 0.05) is 47.9 Å². The lowest BCUT2D eigenvalue weighted by Gasteiger charge is -2.22. The Morgan fingerprint density at radius 2 is 1.66 bits per heavy atom. The summed E-state index contributed by atoms with van der Waals surface area (Å²) in [7, 11) is 0. The van der Waals surface area contributed by atoms with Crippen molar-refractivity contribution in [2.45, 2.75) is 38.3 Å². The number of ketones is 1. The first-order valence-electron chi connectivity index (χ1n) is 12.4. The van der Waals surface area contributed by atoms with Gasteiger partial charge in [0.15, 0.2) is 0 Å². The summed E-state index contributed by atoms with van der Waals surface area (Å²) in [5.41, 5.74) is 1.90. The summed E-state index contributed by atoms with van der Waals surface area (Å²) in [6.45, 7) is 1.80. The number of thioether (sulfide) groups is 1. The van der Waals surface area contributed by atoms with Crippen LogP contribution in [0.4, 0.5) is 21.0 Å². The molecule has 1 fully saturated rings. The Morgan fingerprint density at radius 3 is 2.24 bits per heavy atom. The number of Topliss-reactive ketones (excluding diaryl/α,β-unsaturated/α-hetero) is 1. The van der Waals surface area contributed by atoms with E-state index in [9.17, 15) is 34.6 Å². The first-order valence-corrected chi connectivity index (χ1v) is 14.2. The van der Waals surface area contributed by atoms with Crippen LogP contribution in [0.5, 0.6) is 0 Å². The van der Waals surface area contributed by atoms with Crippen molar-refractivity contribution in [1.29, 1.82) is 0 Å². The minimum atomic E-state index is -0.683. The Hall–Kier alpha value is -4.37. The molecule has 0 spiro atoms. The van der Waals surface area contributed by atoms with Crippen LogP contribution in [0.1, 0.15) is 41.2 Å². The van der Waals surface area contributed by atoms with Crippen molar-refractivity contribution in [2.75, 3.05) is 6.54 Å². The number of benzene rings is 2. The molecular formula is C26H25N5O8S2. The van der Waals surface area contributed by atoms with E-state index in [-0.39, 0.29) is 48.0 Å². The monoisotopic (exact) mass is 599 g/mol. The summed E-state index contributed by atoms with van der Waals surface area (Å²) in [6, 6.07) is 11.3. The van der Waals surface area contributed by atoms with Gasteiger partial charge in [0.1, 0.15) is 17.4 Å². The van der Waals surface area contributed by atoms with Gasteiger partial charge in [-0.3, -0.25) is 29.8 Å². The van der Waals surface area contributed by atoms with E-state index >= 15 is 0 Å². The van der Waals surface area contributed by atoms with Crippen LogP contribution < -0.4 is 5.32 Å². The summed E-state index contributed by atoms with van der Waals surface area (Å²) in [5, 5.41) is 26.4. The second kappa shape index (κ2) is 13.3. The molecule has 0 radical (unpaired) electrons. The summed E-state index contributed by atoms with van der Waals surface area (Å²) in [5.74, 6) is -0.0147. The highest BCUT2D eigenvalue weighted by Crippen LogP contribution is 2.38. The summed E-state index contributed by atoms with van der Waals surface area (Å²) >= 11 is 2.36. The van der Waals surface area contributed by atoms with Crippen LogP contribution in [0.15, 0.2) is 53.9 Å². The van der Waals surface area contributed by atoms with Crippen LogP contribution in [-0.2, 0) is 28.4 Å². The Bertz CT molecular complexity index is 1440. The fourth-order valence-electron chi connectivity index (χ4n) is 4.18. The molecule has 214 valence electrons. The molecule has 0 bridgehead atoms. The molecule has 15 heteroatoms. The van der Waals surface area contributed by atoms with E-state index < -0.39 is 22.0 Å². The zero-order valence-electron chi connectivity index (χ0n) is 21.8. The zero-order chi connectivity index (χ0) is 29.5. The molecule has 1 saturated heterocycles. The number of non-ortho nitro benzene ring substituents is 2. The van der Waals surface area contributed by atoms with Crippen LogP contribution >= 0.6 is 23.1 Å². The Kier molecular flexibility index (Phi) is 9.62. The fraction of sp³-hybridized carbons (Fsp3) is 0.308. The molecule has 0 unspecified atom stereocenters. The molecule has 2 heterocycles. The van der Waals surface area contributed by atoms with Gasteiger partial charge in [0.05, 0.1) is 28.1 Å². The molecule has 13 nitrogen and oxygen atoms in total. The number of alkyl carbamates (subject to hydrolysis) is 1. The number of likely N-dealkylation sites (tertiary alicyclic amines) is 1. The third-order valence-electron chi connectivity index (χ3n) is 6.43. The molecule has 3 aromatic rings. The van der Waals surface area contributed by atoms with Crippen LogP contribution in [0.2, 0.25) is 0 Å². The normalized spacial score (nSPS) is 16.3. The van der Waals surface area contributed by atoms with Crippen LogP contribution in [-0.4, -0.2) is 43.4 Å². The second-order valence-corrected chi connectivity index (χ2v) is 11.1. The lowest BCUT2D eigenvalue weighted by molar-refractivity contribution is -0.385. The first-order chi connectivity index (χ1) is 19.6.